The number of aliphatic imine (C=N–C) groups is 1. The Bertz CT molecular complexity index is 976. The molecule has 1 aliphatic heterocycles. The second-order valence-corrected chi connectivity index (χ2v) is 8.15. The molecule has 28 heavy (non-hydrogen) atoms. The van der Waals surface area contributed by atoms with Gasteiger partial charge >= 0.3 is 11.9 Å². The maximum atomic E-state index is 12.2. The summed E-state index contributed by atoms with van der Waals surface area (Å²) in [4.78, 5) is 27.7. The van der Waals surface area contributed by atoms with Crippen LogP contribution in [0.3, 0.4) is 0 Å². The van der Waals surface area contributed by atoms with Crippen LogP contribution < -0.4 is 4.74 Å². The molecule has 2 aromatic carbocycles. The summed E-state index contributed by atoms with van der Waals surface area (Å²) in [6.45, 7) is -0.221. The largest absolute Gasteiger partial charge is 0.480 e. The van der Waals surface area contributed by atoms with Crippen molar-refractivity contribution in [2.75, 3.05) is 13.7 Å². The molecule has 0 aromatic heterocycles. The number of hydrogen-bond acceptors (Lipinski definition) is 6. The Morgan fingerprint density at radius 3 is 2.39 bits per heavy atom. The molecule has 2 aromatic rings. The molecular formula is C19H12Br3NO5. The Morgan fingerprint density at radius 2 is 1.79 bits per heavy atom. The molecule has 0 spiro atoms. The number of carbonyl (C=O) groups is 2. The predicted octanol–water partition coefficient (Wildman–Crippen LogP) is 4.87. The summed E-state index contributed by atoms with van der Waals surface area (Å²) in [5.74, 6) is -0.329. The fourth-order valence-corrected chi connectivity index (χ4v) is 3.99. The van der Waals surface area contributed by atoms with Gasteiger partial charge in [-0.1, -0.05) is 15.9 Å². The van der Waals surface area contributed by atoms with E-state index in [1.165, 1.54) is 7.11 Å². The Balaban J connectivity index is 1.85. The van der Waals surface area contributed by atoms with Crippen molar-refractivity contribution in [3.05, 3.63) is 66.6 Å². The number of halogens is 3. The number of esters is 2. The first-order valence-corrected chi connectivity index (χ1v) is 10.2. The van der Waals surface area contributed by atoms with E-state index in [1.54, 1.807) is 30.3 Å². The third-order valence-corrected chi connectivity index (χ3v) is 5.30. The Morgan fingerprint density at radius 1 is 1.14 bits per heavy atom. The SMILES string of the molecule is COC(=O)COc1c(Br)cc(/C=C2\N=C(c3ccc(Br)cc3)OC2=O)cc1Br. The highest BCUT2D eigenvalue weighted by Crippen LogP contribution is 2.35. The fourth-order valence-electron chi connectivity index (χ4n) is 2.27. The average molecular weight is 574 g/mol. The number of benzene rings is 2. The molecule has 1 aliphatic rings. The van der Waals surface area contributed by atoms with E-state index in [4.69, 9.17) is 9.47 Å². The molecule has 0 saturated carbocycles. The average Bonchev–Trinajstić information content (AvgIpc) is 3.01. The molecule has 6 nitrogen and oxygen atoms in total. The van der Waals surface area contributed by atoms with E-state index < -0.39 is 11.9 Å². The summed E-state index contributed by atoms with van der Waals surface area (Å²) >= 11 is 10.2. The highest BCUT2D eigenvalue weighted by atomic mass is 79.9. The first-order chi connectivity index (χ1) is 13.4. The summed E-state index contributed by atoms with van der Waals surface area (Å²) in [5.41, 5.74) is 1.57. The van der Waals surface area contributed by atoms with Gasteiger partial charge in [-0.3, -0.25) is 0 Å². The number of methoxy groups -OCH3 is 1. The van der Waals surface area contributed by atoms with Gasteiger partial charge in [-0.15, -0.1) is 0 Å². The third-order valence-electron chi connectivity index (χ3n) is 3.60. The summed E-state index contributed by atoms with van der Waals surface area (Å²) in [6, 6.07) is 10.8. The molecule has 144 valence electrons. The summed E-state index contributed by atoms with van der Waals surface area (Å²) in [6.07, 6.45) is 1.60. The van der Waals surface area contributed by atoms with E-state index in [9.17, 15) is 9.59 Å². The molecule has 9 heteroatoms. The lowest BCUT2D eigenvalue weighted by atomic mass is 10.2. The Kier molecular flexibility index (Phi) is 6.69. The van der Waals surface area contributed by atoms with E-state index in [0.717, 1.165) is 4.47 Å². The van der Waals surface area contributed by atoms with Gasteiger partial charge in [0.2, 0.25) is 5.90 Å². The molecule has 0 saturated heterocycles. The monoisotopic (exact) mass is 571 g/mol. The van der Waals surface area contributed by atoms with Crippen molar-refractivity contribution in [1.82, 2.24) is 0 Å². The standard InChI is InChI=1S/C19H12Br3NO5/c1-26-16(24)9-27-17-13(21)6-10(7-14(17)22)8-15-19(25)28-18(23-15)11-2-4-12(20)5-3-11/h2-8H,9H2,1H3/b15-8-. The van der Waals surface area contributed by atoms with E-state index in [2.05, 4.69) is 57.5 Å². The van der Waals surface area contributed by atoms with Crippen LogP contribution in [0.25, 0.3) is 6.08 Å². The van der Waals surface area contributed by atoms with Crippen LogP contribution in [0, 0.1) is 0 Å². The van der Waals surface area contributed by atoms with Crippen molar-refractivity contribution in [1.29, 1.82) is 0 Å². The molecular weight excluding hydrogens is 562 g/mol. The van der Waals surface area contributed by atoms with Crippen LogP contribution in [0.5, 0.6) is 5.75 Å². The highest BCUT2D eigenvalue weighted by molar-refractivity contribution is 9.11. The zero-order valence-corrected chi connectivity index (χ0v) is 19.1. The van der Waals surface area contributed by atoms with Gasteiger partial charge < -0.3 is 14.2 Å². The van der Waals surface area contributed by atoms with Crippen molar-refractivity contribution in [3.63, 3.8) is 0 Å². The number of ether oxygens (including phenoxy) is 3. The molecule has 0 fully saturated rings. The van der Waals surface area contributed by atoms with Gasteiger partial charge in [0.1, 0.15) is 5.75 Å². The number of nitrogens with zero attached hydrogens (tertiary/aromatic N) is 1. The molecule has 3 rings (SSSR count). The normalized spacial score (nSPS) is 14.6. The molecule has 0 amide bonds. The summed E-state index contributed by atoms with van der Waals surface area (Å²) < 4.78 is 17.4. The highest BCUT2D eigenvalue weighted by Gasteiger charge is 2.24. The van der Waals surface area contributed by atoms with Crippen LogP contribution >= 0.6 is 47.8 Å². The number of rotatable bonds is 5. The smallest absolute Gasteiger partial charge is 0.363 e. The van der Waals surface area contributed by atoms with Gasteiger partial charge in [-0.2, -0.15) is 0 Å². The molecule has 0 aliphatic carbocycles. The summed E-state index contributed by atoms with van der Waals surface area (Å²) in [7, 11) is 1.29. The zero-order chi connectivity index (χ0) is 20.3. The van der Waals surface area contributed by atoms with Crippen LogP contribution in [0.1, 0.15) is 11.1 Å². The molecule has 0 radical (unpaired) electrons. The van der Waals surface area contributed by atoms with Crippen LogP contribution in [0.4, 0.5) is 0 Å². The second kappa shape index (κ2) is 9.02. The van der Waals surface area contributed by atoms with Gasteiger partial charge in [0.25, 0.3) is 0 Å². The minimum Gasteiger partial charge on any atom is -0.480 e. The quantitative estimate of drug-likeness (QED) is 0.377. The topological polar surface area (TPSA) is 74.2 Å². The predicted molar refractivity (Wildman–Crippen MR) is 114 cm³/mol. The van der Waals surface area contributed by atoms with E-state index in [0.29, 0.717) is 25.8 Å². The second-order valence-electron chi connectivity index (χ2n) is 5.52. The van der Waals surface area contributed by atoms with Gasteiger partial charge in [-0.25, -0.2) is 14.6 Å². The minimum absolute atomic E-state index is 0.181. The number of hydrogen-bond donors (Lipinski definition) is 0. The number of carbonyl (C=O) groups excluding carboxylic acids is 2. The van der Waals surface area contributed by atoms with Gasteiger partial charge in [0, 0.05) is 10.0 Å². The van der Waals surface area contributed by atoms with Crippen molar-refractivity contribution in [3.8, 4) is 5.75 Å². The van der Waals surface area contributed by atoms with Crippen molar-refractivity contribution in [2.45, 2.75) is 0 Å². The molecule has 0 bridgehead atoms. The van der Waals surface area contributed by atoms with Gasteiger partial charge in [0.15, 0.2) is 12.3 Å². The third kappa shape index (κ3) is 4.89. The van der Waals surface area contributed by atoms with E-state index in [1.807, 2.05) is 12.1 Å². The van der Waals surface area contributed by atoms with Gasteiger partial charge in [0.05, 0.1) is 16.1 Å². The lowest BCUT2D eigenvalue weighted by Crippen LogP contribution is -2.13. The lowest BCUT2D eigenvalue weighted by molar-refractivity contribution is -0.143. The van der Waals surface area contributed by atoms with Crippen molar-refractivity contribution >= 4 is 71.7 Å². The molecule has 0 atom stereocenters. The molecule has 0 N–H and O–H groups in total. The Labute approximate surface area is 186 Å². The van der Waals surface area contributed by atoms with Crippen LogP contribution in [0.15, 0.2) is 60.5 Å². The van der Waals surface area contributed by atoms with Crippen LogP contribution in [-0.4, -0.2) is 31.6 Å². The van der Waals surface area contributed by atoms with Crippen molar-refractivity contribution in [2.24, 2.45) is 4.99 Å². The number of cyclic esters (lactones) is 1. The zero-order valence-electron chi connectivity index (χ0n) is 14.4. The first-order valence-electron chi connectivity index (χ1n) is 7.84. The van der Waals surface area contributed by atoms with Gasteiger partial charge in [-0.05, 0) is 79.9 Å². The Hall–Kier alpha value is -1.97. The maximum Gasteiger partial charge on any atom is 0.363 e. The van der Waals surface area contributed by atoms with E-state index in [-0.39, 0.29) is 18.2 Å². The summed E-state index contributed by atoms with van der Waals surface area (Å²) in [5, 5.41) is 0. The van der Waals surface area contributed by atoms with Crippen LogP contribution in [0.2, 0.25) is 0 Å². The fraction of sp³-hybridized carbons (Fsp3) is 0.105. The lowest BCUT2D eigenvalue weighted by Gasteiger charge is -2.10. The van der Waals surface area contributed by atoms with E-state index >= 15 is 0 Å². The maximum absolute atomic E-state index is 12.2. The van der Waals surface area contributed by atoms with Crippen molar-refractivity contribution < 1.29 is 23.8 Å². The first kappa shape index (κ1) is 20.8. The molecule has 0 unspecified atom stereocenters. The minimum atomic E-state index is -0.531. The van der Waals surface area contributed by atoms with Crippen LogP contribution in [-0.2, 0) is 19.1 Å². The molecule has 1 heterocycles.